The van der Waals surface area contributed by atoms with Crippen LogP contribution in [0.3, 0.4) is 0 Å². The lowest BCUT2D eigenvalue weighted by Crippen LogP contribution is -1.89. The van der Waals surface area contributed by atoms with Crippen molar-refractivity contribution in [2.24, 2.45) is 0 Å². The Labute approximate surface area is 92.3 Å². The van der Waals surface area contributed by atoms with E-state index in [-0.39, 0.29) is 5.12 Å². The van der Waals surface area contributed by atoms with Gasteiger partial charge in [-0.25, -0.2) is 0 Å². The molecule has 0 saturated carbocycles. The van der Waals surface area contributed by atoms with Crippen LogP contribution in [0.2, 0.25) is 0 Å². The first-order valence-corrected chi connectivity index (χ1v) is 5.40. The summed E-state index contributed by atoms with van der Waals surface area (Å²) in [6.07, 6.45) is 1.50. The van der Waals surface area contributed by atoms with Gasteiger partial charge in [0.25, 0.3) is 5.12 Å². The molecule has 2 nitrogen and oxygen atoms in total. The predicted molar refractivity (Wildman–Crippen MR) is 60.1 cm³/mol. The highest BCUT2D eigenvalue weighted by Crippen LogP contribution is 2.23. The summed E-state index contributed by atoms with van der Waals surface area (Å²) in [4.78, 5) is 12.6. The lowest BCUT2D eigenvalue weighted by molar-refractivity contribution is 0.106. The summed E-state index contributed by atoms with van der Waals surface area (Å²) in [5.41, 5.74) is 1.18. The van der Waals surface area contributed by atoms with E-state index in [0.717, 1.165) is 4.90 Å². The van der Waals surface area contributed by atoms with E-state index in [2.05, 4.69) is 0 Å². The first kappa shape index (κ1) is 10.1. The van der Waals surface area contributed by atoms with E-state index in [4.69, 9.17) is 4.42 Å². The predicted octanol–water partition coefficient (Wildman–Crippen LogP) is 3.52. The van der Waals surface area contributed by atoms with Crippen LogP contribution >= 0.6 is 11.8 Å². The fourth-order valence-electron chi connectivity index (χ4n) is 1.16. The third kappa shape index (κ3) is 2.50. The molecule has 76 valence electrons. The van der Waals surface area contributed by atoms with Crippen LogP contribution in [0.15, 0.2) is 52.0 Å². The molecule has 2 aromatic rings. The van der Waals surface area contributed by atoms with E-state index >= 15 is 0 Å². The molecule has 0 bridgehead atoms. The first-order chi connectivity index (χ1) is 7.25. The summed E-state index contributed by atoms with van der Waals surface area (Å²) in [7, 11) is 0. The second-order valence-electron chi connectivity index (χ2n) is 3.18. The summed E-state index contributed by atoms with van der Waals surface area (Å²) in [5, 5.41) is -0.0659. The lowest BCUT2D eigenvalue weighted by atomic mass is 10.2. The molecule has 2 rings (SSSR count). The minimum absolute atomic E-state index is 0.0659. The molecule has 0 saturated heterocycles. The van der Waals surface area contributed by atoms with Crippen molar-refractivity contribution >= 4 is 16.9 Å². The van der Waals surface area contributed by atoms with Crippen molar-refractivity contribution in [1.82, 2.24) is 0 Å². The molecule has 0 N–H and O–H groups in total. The van der Waals surface area contributed by atoms with Crippen molar-refractivity contribution in [3.8, 4) is 0 Å². The van der Waals surface area contributed by atoms with Gasteiger partial charge in [0.2, 0.25) is 0 Å². The number of carbonyl (C=O) groups excluding carboxylic acids is 1. The van der Waals surface area contributed by atoms with Gasteiger partial charge in [-0.2, -0.15) is 0 Å². The molecule has 0 spiro atoms. The van der Waals surface area contributed by atoms with Crippen molar-refractivity contribution < 1.29 is 9.21 Å². The van der Waals surface area contributed by atoms with Crippen LogP contribution in [0.4, 0.5) is 0 Å². The summed E-state index contributed by atoms with van der Waals surface area (Å²) >= 11 is 1.18. The van der Waals surface area contributed by atoms with Gasteiger partial charge < -0.3 is 4.42 Å². The maximum absolute atomic E-state index is 11.6. The van der Waals surface area contributed by atoms with Crippen molar-refractivity contribution in [1.29, 1.82) is 0 Å². The lowest BCUT2D eigenvalue weighted by Gasteiger charge is -1.98. The molecule has 15 heavy (non-hydrogen) atoms. The van der Waals surface area contributed by atoms with Gasteiger partial charge in [0.05, 0.1) is 6.26 Å². The number of furan rings is 1. The van der Waals surface area contributed by atoms with Gasteiger partial charge in [0, 0.05) is 4.90 Å². The Morgan fingerprint density at radius 3 is 2.53 bits per heavy atom. The minimum atomic E-state index is -0.0659. The normalized spacial score (nSPS) is 10.2. The Kier molecular flexibility index (Phi) is 2.92. The molecular formula is C12H10O2S. The number of rotatable bonds is 2. The van der Waals surface area contributed by atoms with E-state index in [0.29, 0.717) is 5.76 Å². The molecule has 0 fully saturated rings. The largest absolute Gasteiger partial charge is 0.460 e. The van der Waals surface area contributed by atoms with Crippen LogP contribution in [0, 0.1) is 6.92 Å². The van der Waals surface area contributed by atoms with E-state index in [1.165, 1.54) is 23.6 Å². The Bertz CT molecular complexity index is 443. The van der Waals surface area contributed by atoms with E-state index in [1.807, 2.05) is 31.2 Å². The highest BCUT2D eigenvalue weighted by Gasteiger charge is 2.09. The average molecular weight is 218 g/mol. The number of carbonyl (C=O) groups is 1. The standard InChI is InChI=1S/C12H10O2S/c1-9-4-6-10(7-5-9)15-12(13)11-3-2-8-14-11/h2-8H,1H3. The van der Waals surface area contributed by atoms with E-state index < -0.39 is 0 Å². The zero-order valence-electron chi connectivity index (χ0n) is 8.27. The Morgan fingerprint density at radius 1 is 1.20 bits per heavy atom. The number of thioether (sulfide) groups is 1. The highest BCUT2D eigenvalue weighted by atomic mass is 32.2. The summed E-state index contributed by atoms with van der Waals surface area (Å²) in [6, 6.07) is 11.2. The van der Waals surface area contributed by atoms with Crippen LogP contribution in [0.25, 0.3) is 0 Å². The Morgan fingerprint density at radius 2 is 1.93 bits per heavy atom. The van der Waals surface area contributed by atoms with Gasteiger partial charge in [-0.15, -0.1) is 0 Å². The van der Waals surface area contributed by atoms with Gasteiger partial charge >= 0.3 is 0 Å². The van der Waals surface area contributed by atoms with Crippen LogP contribution < -0.4 is 0 Å². The first-order valence-electron chi connectivity index (χ1n) is 4.58. The molecule has 0 aliphatic carbocycles. The van der Waals surface area contributed by atoms with Gasteiger partial charge in [-0.05, 0) is 43.0 Å². The molecule has 0 amide bonds. The zero-order chi connectivity index (χ0) is 10.7. The molecule has 0 radical (unpaired) electrons. The van der Waals surface area contributed by atoms with Crippen LogP contribution in [0.1, 0.15) is 16.1 Å². The summed E-state index contributed by atoms with van der Waals surface area (Å²) in [5.74, 6) is 0.389. The topological polar surface area (TPSA) is 30.2 Å². The summed E-state index contributed by atoms with van der Waals surface area (Å²) in [6.45, 7) is 2.02. The van der Waals surface area contributed by atoms with E-state index in [1.54, 1.807) is 12.1 Å². The molecule has 0 unspecified atom stereocenters. The molecule has 1 aromatic heterocycles. The smallest absolute Gasteiger partial charge is 0.259 e. The molecule has 1 heterocycles. The molecular weight excluding hydrogens is 208 g/mol. The SMILES string of the molecule is Cc1ccc(SC(=O)c2ccco2)cc1. The van der Waals surface area contributed by atoms with Gasteiger partial charge in [-0.3, -0.25) is 4.79 Å². The van der Waals surface area contributed by atoms with Crippen LogP contribution in [-0.4, -0.2) is 5.12 Å². The number of aryl methyl sites for hydroxylation is 1. The highest BCUT2D eigenvalue weighted by molar-refractivity contribution is 8.14. The van der Waals surface area contributed by atoms with Crippen molar-refractivity contribution in [2.45, 2.75) is 11.8 Å². The number of benzene rings is 1. The summed E-state index contributed by atoms with van der Waals surface area (Å²) < 4.78 is 5.02. The maximum Gasteiger partial charge on any atom is 0.259 e. The maximum atomic E-state index is 11.6. The number of hydrogen-bond donors (Lipinski definition) is 0. The van der Waals surface area contributed by atoms with Crippen LogP contribution in [-0.2, 0) is 0 Å². The van der Waals surface area contributed by atoms with Crippen molar-refractivity contribution in [2.75, 3.05) is 0 Å². The van der Waals surface area contributed by atoms with Crippen molar-refractivity contribution in [3.63, 3.8) is 0 Å². The molecule has 1 aromatic carbocycles. The minimum Gasteiger partial charge on any atom is -0.460 e. The fourth-order valence-corrected chi connectivity index (χ4v) is 1.86. The molecule has 0 atom stereocenters. The van der Waals surface area contributed by atoms with Gasteiger partial charge in [0.1, 0.15) is 0 Å². The monoisotopic (exact) mass is 218 g/mol. The van der Waals surface area contributed by atoms with Gasteiger partial charge in [0.15, 0.2) is 5.76 Å². The second-order valence-corrected chi connectivity index (χ2v) is 4.23. The Hall–Kier alpha value is -1.48. The molecule has 3 heteroatoms. The number of hydrogen-bond acceptors (Lipinski definition) is 3. The second kappa shape index (κ2) is 4.36. The zero-order valence-corrected chi connectivity index (χ0v) is 9.08. The van der Waals surface area contributed by atoms with E-state index in [9.17, 15) is 4.79 Å². The third-order valence-electron chi connectivity index (χ3n) is 1.95. The third-order valence-corrected chi connectivity index (χ3v) is 2.85. The van der Waals surface area contributed by atoms with Gasteiger partial charge in [-0.1, -0.05) is 17.7 Å². The fraction of sp³-hybridized carbons (Fsp3) is 0.0833. The quantitative estimate of drug-likeness (QED) is 0.722. The Balaban J connectivity index is 2.09. The molecule has 0 aliphatic heterocycles. The molecule has 0 aliphatic rings. The van der Waals surface area contributed by atoms with Crippen molar-refractivity contribution in [3.05, 3.63) is 54.0 Å². The average Bonchev–Trinajstić information content (AvgIpc) is 2.74. The van der Waals surface area contributed by atoms with Crippen LogP contribution in [0.5, 0.6) is 0 Å².